The lowest BCUT2D eigenvalue weighted by atomic mass is 10.0. The van der Waals surface area contributed by atoms with Crippen LogP contribution in [-0.4, -0.2) is 12.6 Å². The van der Waals surface area contributed by atoms with Crippen molar-refractivity contribution in [2.24, 2.45) is 11.7 Å². The van der Waals surface area contributed by atoms with E-state index in [1.807, 2.05) is 12.1 Å². The second-order valence-corrected chi connectivity index (χ2v) is 4.97. The van der Waals surface area contributed by atoms with Crippen LogP contribution in [0.1, 0.15) is 37.8 Å². The summed E-state index contributed by atoms with van der Waals surface area (Å²) in [6.45, 7) is 2.88. The molecule has 0 radical (unpaired) electrons. The Labute approximate surface area is 102 Å². The summed E-state index contributed by atoms with van der Waals surface area (Å²) in [5.41, 5.74) is 6.90. The second-order valence-electron chi connectivity index (χ2n) is 4.97. The van der Waals surface area contributed by atoms with Gasteiger partial charge in [-0.05, 0) is 49.9 Å². The molecule has 1 aliphatic carbocycles. The van der Waals surface area contributed by atoms with Crippen LogP contribution in [0.5, 0.6) is 0 Å². The van der Waals surface area contributed by atoms with Crippen molar-refractivity contribution in [3.8, 4) is 0 Å². The molecule has 3 N–H and O–H groups in total. The Bertz CT molecular complexity index is 350. The second kappa shape index (κ2) is 5.61. The number of rotatable bonds is 4. The third kappa shape index (κ3) is 3.05. The summed E-state index contributed by atoms with van der Waals surface area (Å²) >= 11 is 0. The van der Waals surface area contributed by atoms with Gasteiger partial charge < -0.3 is 11.1 Å². The molecule has 17 heavy (non-hydrogen) atoms. The molecule has 0 heterocycles. The highest BCUT2D eigenvalue weighted by atomic mass is 19.1. The average molecular weight is 236 g/mol. The topological polar surface area (TPSA) is 38.0 Å². The van der Waals surface area contributed by atoms with Crippen LogP contribution >= 0.6 is 0 Å². The molecule has 94 valence electrons. The van der Waals surface area contributed by atoms with E-state index in [9.17, 15) is 4.39 Å². The largest absolute Gasteiger partial charge is 0.330 e. The lowest BCUT2D eigenvalue weighted by Crippen LogP contribution is -2.37. The fraction of sp³-hybridized carbons (Fsp3) is 0.571. The van der Waals surface area contributed by atoms with Crippen LogP contribution in [0.4, 0.5) is 4.39 Å². The fourth-order valence-electron chi connectivity index (χ4n) is 2.71. The molecule has 2 nitrogen and oxygen atoms in total. The molecule has 0 spiro atoms. The van der Waals surface area contributed by atoms with E-state index < -0.39 is 0 Å². The third-order valence-electron chi connectivity index (χ3n) is 3.80. The fourth-order valence-corrected chi connectivity index (χ4v) is 2.71. The Morgan fingerprint density at radius 3 is 2.71 bits per heavy atom. The minimum absolute atomic E-state index is 0.179. The predicted octanol–water partition coefficient (Wildman–Crippen LogP) is 2.60. The minimum atomic E-state index is -0.179. The van der Waals surface area contributed by atoms with Crippen LogP contribution in [0, 0.1) is 11.7 Å². The molecule has 0 saturated heterocycles. The Morgan fingerprint density at radius 1 is 1.35 bits per heavy atom. The number of nitrogens with two attached hydrogens (primary N) is 1. The van der Waals surface area contributed by atoms with Crippen molar-refractivity contribution in [1.29, 1.82) is 0 Å². The van der Waals surface area contributed by atoms with Gasteiger partial charge in [0.1, 0.15) is 5.82 Å². The molecule has 0 aliphatic heterocycles. The number of hydrogen-bond donors (Lipinski definition) is 2. The summed E-state index contributed by atoms with van der Waals surface area (Å²) < 4.78 is 12.8. The van der Waals surface area contributed by atoms with Gasteiger partial charge in [-0.1, -0.05) is 18.6 Å². The van der Waals surface area contributed by atoms with Crippen molar-refractivity contribution in [3.05, 3.63) is 35.6 Å². The molecular weight excluding hydrogens is 215 g/mol. The van der Waals surface area contributed by atoms with E-state index in [1.54, 1.807) is 0 Å². The van der Waals surface area contributed by atoms with Crippen molar-refractivity contribution < 1.29 is 4.39 Å². The number of hydrogen-bond acceptors (Lipinski definition) is 2. The monoisotopic (exact) mass is 236 g/mol. The van der Waals surface area contributed by atoms with Gasteiger partial charge in [-0.25, -0.2) is 4.39 Å². The first-order valence-electron chi connectivity index (χ1n) is 6.42. The predicted molar refractivity (Wildman–Crippen MR) is 68.1 cm³/mol. The molecular formula is C14H21FN2. The lowest BCUT2D eigenvalue weighted by molar-refractivity contribution is 0.373. The molecule has 3 atom stereocenters. The van der Waals surface area contributed by atoms with E-state index in [0.717, 1.165) is 12.1 Å². The van der Waals surface area contributed by atoms with Gasteiger partial charge in [0.2, 0.25) is 0 Å². The quantitative estimate of drug-likeness (QED) is 0.843. The Kier molecular flexibility index (Phi) is 4.13. The number of halogens is 1. The van der Waals surface area contributed by atoms with E-state index in [4.69, 9.17) is 5.73 Å². The molecule has 0 aromatic heterocycles. The lowest BCUT2D eigenvalue weighted by Gasteiger charge is -2.24. The summed E-state index contributed by atoms with van der Waals surface area (Å²) in [5.74, 6) is 0.416. The molecule has 2 rings (SSSR count). The van der Waals surface area contributed by atoms with Crippen LogP contribution in [0.2, 0.25) is 0 Å². The van der Waals surface area contributed by atoms with Crippen molar-refractivity contribution in [1.82, 2.24) is 5.32 Å². The maximum atomic E-state index is 12.8. The zero-order chi connectivity index (χ0) is 12.3. The molecule has 1 aliphatic rings. The normalized spacial score (nSPS) is 26.1. The van der Waals surface area contributed by atoms with Gasteiger partial charge in [-0.15, -0.1) is 0 Å². The molecule has 2 unspecified atom stereocenters. The third-order valence-corrected chi connectivity index (χ3v) is 3.80. The molecule has 0 bridgehead atoms. The van der Waals surface area contributed by atoms with Crippen LogP contribution in [0.3, 0.4) is 0 Å². The van der Waals surface area contributed by atoms with Gasteiger partial charge in [0.05, 0.1) is 0 Å². The van der Waals surface area contributed by atoms with Gasteiger partial charge in [0.25, 0.3) is 0 Å². The van der Waals surface area contributed by atoms with Crippen molar-refractivity contribution in [2.45, 2.75) is 38.3 Å². The van der Waals surface area contributed by atoms with E-state index >= 15 is 0 Å². The standard InChI is InChI=1S/C14H21FN2/c1-10(11-5-7-13(15)8-6-11)17-14-4-2-3-12(14)9-16/h5-8,10,12,14,17H,2-4,9,16H2,1H3/t10-,12?,14?/m1/s1. The first kappa shape index (κ1) is 12.5. The molecule has 1 fully saturated rings. The van der Waals surface area contributed by atoms with Crippen molar-refractivity contribution in [3.63, 3.8) is 0 Å². The van der Waals surface area contributed by atoms with Crippen LogP contribution < -0.4 is 11.1 Å². The first-order chi connectivity index (χ1) is 8.20. The highest BCUT2D eigenvalue weighted by molar-refractivity contribution is 5.19. The zero-order valence-electron chi connectivity index (χ0n) is 10.3. The Morgan fingerprint density at radius 2 is 2.06 bits per heavy atom. The van der Waals surface area contributed by atoms with Crippen molar-refractivity contribution >= 4 is 0 Å². The summed E-state index contributed by atoms with van der Waals surface area (Å²) in [4.78, 5) is 0. The summed E-state index contributed by atoms with van der Waals surface area (Å²) in [5, 5.41) is 3.61. The summed E-state index contributed by atoms with van der Waals surface area (Å²) in [6.07, 6.45) is 3.69. The van der Waals surface area contributed by atoms with Crippen LogP contribution in [0.25, 0.3) is 0 Å². The molecule has 1 aromatic rings. The smallest absolute Gasteiger partial charge is 0.123 e. The summed E-state index contributed by atoms with van der Waals surface area (Å²) in [6, 6.07) is 7.50. The maximum Gasteiger partial charge on any atom is 0.123 e. The van der Waals surface area contributed by atoms with Gasteiger partial charge in [-0.3, -0.25) is 0 Å². The van der Waals surface area contributed by atoms with E-state index in [0.29, 0.717) is 12.0 Å². The SMILES string of the molecule is C[C@@H](NC1CCCC1CN)c1ccc(F)cc1. The molecule has 1 aromatic carbocycles. The van der Waals surface area contributed by atoms with Crippen molar-refractivity contribution in [2.75, 3.05) is 6.54 Å². The highest BCUT2D eigenvalue weighted by Gasteiger charge is 2.27. The Hall–Kier alpha value is -0.930. The van der Waals surface area contributed by atoms with Crippen LogP contribution in [-0.2, 0) is 0 Å². The van der Waals surface area contributed by atoms with Gasteiger partial charge in [-0.2, -0.15) is 0 Å². The average Bonchev–Trinajstić information content (AvgIpc) is 2.77. The number of nitrogens with one attached hydrogen (secondary N) is 1. The molecule has 0 amide bonds. The van der Waals surface area contributed by atoms with Gasteiger partial charge in [0, 0.05) is 12.1 Å². The van der Waals surface area contributed by atoms with Gasteiger partial charge in [0.15, 0.2) is 0 Å². The summed E-state index contributed by atoms with van der Waals surface area (Å²) in [7, 11) is 0. The molecule has 3 heteroatoms. The zero-order valence-corrected chi connectivity index (χ0v) is 10.3. The van der Waals surface area contributed by atoms with Gasteiger partial charge >= 0.3 is 0 Å². The van der Waals surface area contributed by atoms with E-state index in [2.05, 4.69) is 12.2 Å². The number of benzene rings is 1. The maximum absolute atomic E-state index is 12.8. The van der Waals surface area contributed by atoms with Crippen LogP contribution in [0.15, 0.2) is 24.3 Å². The highest BCUT2D eigenvalue weighted by Crippen LogP contribution is 2.27. The minimum Gasteiger partial charge on any atom is -0.330 e. The molecule has 1 saturated carbocycles. The van der Waals surface area contributed by atoms with E-state index in [1.165, 1.54) is 31.4 Å². The Balaban J connectivity index is 1.96. The first-order valence-corrected chi connectivity index (χ1v) is 6.42. The van der Waals surface area contributed by atoms with E-state index in [-0.39, 0.29) is 11.9 Å².